The van der Waals surface area contributed by atoms with Crippen LogP contribution in [0.15, 0.2) is 70.9 Å². The minimum atomic E-state index is -3.89. The molecule has 5 nitrogen and oxygen atoms in total. The fraction of sp³-hybridized carbons (Fsp3) is 0. The first-order valence-electron chi connectivity index (χ1n) is 6.96. The Bertz CT molecular complexity index is 979. The predicted molar refractivity (Wildman–Crippen MR) is 94.0 cm³/mol. The Labute approximate surface area is 143 Å². The number of hydrogen-bond donors (Lipinski definition) is 2. The summed E-state index contributed by atoms with van der Waals surface area (Å²) in [6, 6.07) is 16.1. The molecule has 0 bridgehead atoms. The summed E-state index contributed by atoms with van der Waals surface area (Å²) in [6.45, 7) is 0. The number of rotatable bonds is 5. The van der Waals surface area contributed by atoms with Crippen LogP contribution in [0.5, 0.6) is 0 Å². The van der Waals surface area contributed by atoms with Crippen LogP contribution in [-0.4, -0.2) is 19.5 Å². The van der Waals surface area contributed by atoms with E-state index in [1.165, 1.54) is 29.5 Å². The van der Waals surface area contributed by atoms with Gasteiger partial charge in [-0.05, 0) is 35.7 Å². The van der Waals surface area contributed by atoms with Crippen molar-refractivity contribution in [3.8, 4) is 10.4 Å². The lowest BCUT2D eigenvalue weighted by Crippen LogP contribution is -2.14. The van der Waals surface area contributed by atoms with Crippen molar-refractivity contribution in [2.75, 3.05) is 4.72 Å². The Hall–Kier alpha value is -2.64. The molecule has 2 N–H and O–H groups in total. The van der Waals surface area contributed by atoms with Gasteiger partial charge in [-0.1, -0.05) is 30.3 Å². The van der Waals surface area contributed by atoms with E-state index in [2.05, 4.69) is 4.72 Å². The van der Waals surface area contributed by atoms with Crippen molar-refractivity contribution in [2.24, 2.45) is 0 Å². The van der Waals surface area contributed by atoms with Gasteiger partial charge in [0, 0.05) is 10.4 Å². The van der Waals surface area contributed by atoms with E-state index in [4.69, 9.17) is 5.11 Å². The van der Waals surface area contributed by atoms with Crippen LogP contribution in [0.25, 0.3) is 10.4 Å². The van der Waals surface area contributed by atoms with Gasteiger partial charge in [-0.3, -0.25) is 4.72 Å². The molecule has 0 radical (unpaired) electrons. The number of carboxylic acid groups (broad SMARTS) is 1. The summed E-state index contributed by atoms with van der Waals surface area (Å²) >= 11 is 1.51. The van der Waals surface area contributed by atoms with Crippen molar-refractivity contribution in [3.63, 3.8) is 0 Å². The zero-order valence-corrected chi connectivity index (χ0v) is 14.0. The first kappa shape index (κ1) is 16.2. The van der Waals surface area contributed by atoms with Gasteiger partial charge in [0.1, 0.15) is 0 Å². The molecule has 3 rings (SSSR count). The third kappa shape index (κ3) is 3.32. The quantitative estimate of drug-likeness (QED) is 0.723. The van der Waals surface area contributed by atoms with Crippen molar-refractivity contribution in [1.29, 1.82) is 0 Å². The van der Waals surface area contributed by atoms with Crippen molar-refractivity contribution in [2.45, 2.75) is 4.90 Å². The average molecular weight is 359 g/mol. The van der Waals surface area contributed by atoms with Crippen LogP contribution in [0.4, 0.5) is 5.69 Å². The van der Waals surface area contributed by atoms with Gasteiger partial charge >= 0.3 is 5.97 Å². The Morgan fingerprint density at radius 1 is 1.00 bits per heavy atom. The summed E-state index contributed by atoms with van der Waals surface area (Å²) in [5, 5.41) is 10.9. The Morgan fingerprint density at radius 3 is 2.50 bits per heavy atom. The van der Waals surface area contributed by atoms with Gasteiger partial charge in [-0.2, -0.15) is 0 Å². The second-order valence-electron chi connectivity index (χ2n) is 4.96. The second-order valence-corrected chi connectivity index (χ2v) is 7.59. The molecule has 0 unspecified atom stereocenters. The topological polar surface area (TPSA) is 83.5 Å². The molecule has 1 aromatic heterocycles. The van der Waals surface area contributed by atoms with Crippen LogP contribution in [0, 0.1) is 0 Å². The van der Waals surface area contributed by atoms with Gasteiger partial charge < -0.3 is 5.11 Å². The van der Waals surface area contributed by atoms with Crippen molar-refractivity contribution < 1.29 is 18.3 Å². The van der Waals surface area contributed by atoms with Gasteiger partial charge in [0.05, 0.1) is 16.1 Å². The fourth-order valence-corrected chi connectivity index (χ4v) is 4.11. The number of carbonyl (C=O) groups is 1. The lowest BCUT2D eigenvalue weighted by molar-refractivity contribution is 0.0696. The normalized spacial score (nSPS) is 11.2. The lowest BCUT2D eigenvalue weighted by atomic mass is 10.1. The molecule has 0 saturated carbocycles. The molecule has 0 spiro atoms. The van der Waals surface area contributed by atoms with Gasteiger partial charge in [0.25, 0.3) is 10.0 Å². The molecule has 0 amide bonds. The van der Waals surface area contributed by atoms with Crippen molar-refractivity contribution >= 4 is 33.0 Å². The van der Waals surface area contributed by atoms with Crippen LogP contribution in [0.2, 0.25) is 0 Å². The van der Waals surface area contributed by atoms with E-state index in [9.17, 15) is 13.2 Å². The van der Waals surface area contributed by atoms with Crippen LogP contribution in [0.1, 0.15) is 10.4 Å². The molecule has 24 heavy (non-hydrogen) atoms. The maximum absolute atomic E-state index is 12.6. The predicted octanol–water partition coefficient (Wildman–Crippen LogP) is 3.91. The summed E-state index contributed by atoms with van der Waals surface area (Å²) in [7, 11) is -3.89. The smallest absolute Gasteiger partial charge is 0.335 e. The summed E-state index contributed by atoms with van der Waals surface area (Å²) in [5.74, 6) is -1.17. The zero-order valence-electron chi connectivity index (χ0n) is 12.3. The van der Waals surface area contributed by atoms with E-state index in [0.717, 1.165) is 16.5 Å². The third-order valence-corrected chi connectivity index (χ3v) is 5.62. The number of benzene rings is 2. The second kappa shape index (κ2) is 6.46. The van der Waals surface area contributed by atoms with E-state index in [0.29, 0.717) is 5.69 Å². The molecule has 3 aromatic rings. The van der Waals surface area contributed by atoms with Gasteiger partial charge in [-0.15, -0.1) is 11.3 Å². The molecule has 0 aliphatic carbocycles. The number of para-hydroxylation sites is 1. The maximum atomic E-state index is 12.6. The number of sulfonamides is 1. The molecule has 2 aromatic carbocycles. The first-order valence-corrected chi connectivity index (χ1v) is 9.33. The number of hydrogen-bond acceptors (Lipinski definition) is 4. The standard InChI is InChI=1S/C17H13NO4S2/c19-17(20)12-5-3-6-13(11-12)24(21,22)18-15-8-2-1-7-14(15)16-9-4-10-23-16/h1-11,18H,(H,19,20). The highest BCUT2D eigenvalue weighted by Crippen LogP contribution is 2.32. The number of thiophene rings is 1. The number of nitrogens with one attached hydrogen (secondary N) is 1. The van der Waals surface area contributed by atoms with Crippen molar-refractivity contribution in [3.05, 3.63) is 71.6 Å². The molecule has 0 saturated heterocycles. The monoisotopic (exact) mass is 359 g/mol. The van der Waals surface area contributed by atoms with Gasteiger partial charge in [0.15, 0.2) is 0 Å². The molecule has 1 heterocycles. The van der Waals surface area contributed by atoms with Crippen molar-refractivity contribution in [1.82, 2.24) is 0 Å². The average Bonchev–Trinajstić information content (AvgIpc) is 3.09. The minimum absolute atomic E-state index is 0.0792. The van der Waals surface area contributed by atoms with Crippen LogP contribution in [-0.2, 0) is 10.0 Å². The molecule has 122 valence electrons. The van der Waals surface area contributed by atoms with Crippen LogP contribution >= 0.6 is 11.3 Å². The van der Waals surface area contributed by atoms with E-state index in [1.54, 1.807) is 12.1 Å². The first-order chi connectivity index (χ1) is 11.5. The summed E-state index contributed by atoms with van der Waals surface area (Å²) in [6.07, 6.45) is 0. The van der Waals surface area contributed by atoms with Crippen LogP contribution in [0.3, 0.4) is 0 Å². The summed E-state index contributed by atoms with van der Waals surface area (Å²) in [5.41, 5.74) is 1.13. The Kier molecular flexibility index (Phi) is 4.37. The van der Waals surface area contributed by atoms with E-state index >= 15 is 0 Å². The molecule has 0 aliphatic rings. The summed E-state index contributed by atoms with van der Waals surface area (Å²) < 4.78 is 27.7. The zero-order chi connectivity index (χ0) is 17.2. The molecule has 0 aliphatic heterocycles. The SMILES string of the molecule is O=C(O)c1cccc(S(=O)(=O)Nc2ccccc2-c2cccs2)c1. The third-order valence-electron chi connectivity index (χ3n) is 3.35. The number of aromatic carboxylic acids is 1. The highest BCUT2D eigenvalue weighted by atomic mass is 32.2. The van der Waals surface area contributed by atoms with Crippen LogP contribution < -0.4 is 4.72 Å². The van der Waals surface area contributed by atoms with E-state index in [-0.39, 0.29) is 10.5 Å². The molecular formula is C17H13NO4S2. The maximum Gasteiger partial charge on any atom is 0.335 e. The van der Waals surface area contributed by atoms with Gasteiger partial charge in [0.2, 0.25) is 0 Å². The highest BCUT2D eigenvalue weighted by molar-refractivity contribution is 7.92. The van der Waals surface area contributed by atoms with Gasteiger partial charge in [-0.25, -0.2) is 13.2 Å². The Morgan fingerprint density at radius 2 is 1.79 bits per heavy atom. The fourth-order valence-electron chi connectivity index (χ4n) is 2.22. The molecule has 0 fully saturated rings. The largest absolute Gasteiger partial charge is 0.478 e. The minimum Gasteiger partial charge on any atom is -0.478 e. The lowest BCUT2D eigenvalue weighted by Gasteiger charge is -2.12. The molecule has 7 heteroatoms. The molecular weight excluding hydrogens is 346 g/mol. The highest BCUT2D eigenvalue weighted by Gasteiger charge is 2.18. The van der Waals surface area contributed by atoms with E-state index < -0.39 is 16.0 Å². The summed E-state index contributed by atoms with van der Waals surface area (Å²) in [4.78, 5) is 11.9. The molecule has 0 atom stereocenters. The Balaban J connectivity index is 1.99. The van der Waals surface area contributed by atoms with E-state index in [1.807, 2.05) is 29.6 Å². The number of carboxylic acids is 1. The number of anilines is 1.